The second kappa shape index (κ2) is 7.25. The third kappa shape index (κ3) is 3.96. The van der Waals surface area contributed by atoms with E-state index >= 15 is 0 Å². The van der Waals surface area contributed by atoms with Crippen LogP contribution < -0.4 is 0 Å². The molecule has 2 unspecified atom stereocenters. The molecule has 1 aliphatic rings. The maximum Gasteiger partial charge on any atom is 0.416 e. The molecule has 1 aromatic carbocycles. The number of carbonyl (C=O) groups is 1. The predicted molar refractivity (Wildman–Crippen MR) is 109 cm³/mol. The molecular formula is C22H23F3N4O2. The first-order valence-corrected chi connectivity index (χ1v) is 9.96. The third-order valence-corrected chi connectivity index (χ3v) is 5.33. The molecule has 9 heteroatoms. The number of hydrogen-bond acceptors (Lipinski definition) is 4. The van der Waals surface area contributed by atoms with Crippen molar-refractivity contribution in [1.82, 2.24) is 19.7 Å². The van der Waals surface area contributed by atoms with Crippen molar-refractivity contribution in [3.8, 4) is 11.3 Å². The normalized spacial score (nSPS) is 19.4. The maximum absolute atomic E-state index is 12.9. The third-order valence-electron chi connectivity index (χ3n) is 5.33. The number of amides is 1. The first kappa shape index (κ1) is 21.1. The fourth-order valence-corrected chi connectivity index (χ4v) is 3.67. The molecule has 1 aliphatic heterocycles. The van der Waals surface area contributed by atoms with Gasteiger partial charge < -0.3 is 9.64 Å². The van der Waals surface area contributed by atoms with Gasteiger partial charge in [-0.2, -0.15) is 18.3 Å². The molecule has 0 aliphatic carbocycles. The molecule has 0 spiro atoms. The molecular weight excluding hydrogens is 409 g/mol. The largest absolute Gasteiger partial charge is 0.444 e. The van der Waals surface area contributed by atoms with Gasteiger partial charge in [-0.15, -0.1) is 0 Å². The number of rotatable bonds is 2. The number of hydrogen-bond donors (Lipinski definition) is 0. The highest BCUT2D eigenvalue weighted by Gasteiger charge is 2.43. The molecule has 4 rings (SSSR count). The van der Waals surface area contributed by atoms with Crippen molar-refractivity contribution in [3.63, 3.8) is 0 Å². The fourth-order valence-electron chi connectivity index (χ4n) is 3.67. The van der Waals surface area contributed by atoms with Crippen molar-refractivity contribution >= 4 is 17.1 Å². The zero-order chi connectivity index (χ0) is 22.6. The van der Waals surface area contributed by atoms with Gasteiger partial charge in [0.05, 0.1) is 17.6 Å². The topological polar surface area (TPSA) is 60.2 Å². The van der Waals surface area contributed by atoms with Crippen LogP contribution in [0.4, 0.5) is 18.0 Å². The Kier molecular flexibility index (Phi) is 4.94. The van der Waals surface area contributed by atoms with Gasteiger partial charge in [-0.3, -0.25) is 0 Å². The Labute approximate surface area is 177 Å². The Morgan fingerprint density at radius 1 is 1.13 bits per heavy atom. The van der Waals surface area contributed by atoms with E-state index in [-0.39, 0.29) is 18.2 Å². The standard InChI is InChI=1S/C22H23F3N4O2/c1-13-17(12-28(13)20(30)31-21(2,3)4)29-19-16(6-5-11-26-19)18(27-29)14-7-9-15(10-8-14)22(23,24)25/h5-11,13,17H,12H2,1-4H3. The van der Waals surface area contributed by atoms with Crippen molar-refractivity contribution in [2.24, 2.45) is 0 Å². The lowest BCUT2D eigenvalue weighted by atomic mass is 9.99. The second-order valence-corrected chi connectivity index (χ2v) is 8.68. The van der Waals surface area contributed by atoms with E-state index in [1.807, 2.05) is 33.8 Å². The van der Waals surface area contributed by atoms with E-state index < -0.39 is 17.3 Å². The van der Waals surface area contributed by atoms with Crippen molar-refractivity contribution in [2.45, 2.75) is 51.6 Å². The van der Waals surface area contributed by atoms with Crippen LogP contribution in [0.3, 0.4) is 0 Å². The summed E-state index contributed by atoms with van der Waals surface area (Å²) in [5.74, 6) is 0. The number of likely N-dealkylation sites (tertiary alicyclic amines) is 1. The molecule has 3 aromatic rings. The summed E-state index contributed by atoms with van der Waals surface area (Å²) in [4.78, 5) is 18.5. The Balaban J connectivity index is 1.65. The van der Waals surface area contributed by atoms with Crippen LogP contribution in [0, 0.1) is 0 Å². The molecule has 0 saturated carbocycles. The van der Waals surface area contributed by atoms with E-state index in [2.05, 4.69) is 10.1 Å². The van der Waals surface area contributed by atoms with E-state index in [1.165, 1.54) is 12.1 Å². The quantitative estimate of drug-likeness (QED) is 0.552. The molecule has 31 heavy (non-hydrogen) atoms. The van der Waals surface area contributed by atoms with E-state index in [0.717, 1.165) is 17.5 Å². The Hall–Kier alpha value is -3.10. The number of benzene rings is 1. The number of halogens is 3. The van der Waals surface area contributed by atoms with Gasteiger partial charge in [0, 0.05) is 23.7 Å². The average molecular weight is 432 g/mol. The minimum absolute atomic E-state index is 0.117. The fraction of sp³-hybridized carbons (Fsp3) is 0.409. The summed E-state index contributed by atoms with van der Waals surface area (Å²) in [5.41, 5.74) is 0.453. The molecule has 2 atom stereocenters. The van der Waals surface area contributed by atoms with Crippen LogP contribution in [0.15, 0.2) is 42.6 Å². The molecule has 3 heterocycles. The number of fused-ring (bicyclic) bond motifs is 1. The molecule has 0 bridgehead atoms. The van der Waals surface area contributed by atoms with Gasteiger partial charge in [-0.1, -0.05) is 12.1 Å². The van der Waals surface area contributed by atoms with Gasteiger partial charge in [0.15, 0.2) is 5.65 Å². The number of ether oxygens (including phenoxy) is 1. The van der Waals surface area contributed by atoms with Crippen LogP contribution in [0.25, 0.3) is 22.3 Å². The lowest BCUT2D eigenvalue weighted by Crippen LogP contribution is -2.58. The molecule has 1 fully saturated rings. The molecule has 1 saturated heterocycles. The van der Waals surface area contributed by atoms with Crippen LogP contribution in [0.1, 0.15) is 39.3 Å². The molecule has 0 N–H and O–H groups in total. The first-order chi connectivity index (χ1) is 14.5. The van der Waals surface area contributed by atoms with Crippen molar-refractivity contribution in [1.29, 1.82) is 0 Å². The van der Waals surface area contributed by atoms with Crippen molar-refractivity contribution in [3.05, 3.63) is 48.2 Å². The van der Waals surface area contributed by atoms with Crippen molar-refractivity contribution < 1.29 is 22.7 Å². The summed E-state index contributed by atoms with van der Waals surface area (Å²) in [5, 5.41) is 5.43. The van der Waals surface area contributed by atoms with E-state index in [4.69, 9.17) is 4.74 Å². The highest BCUT2D eigenvalue weighted by molar-refractivity contribution is 5.91. The van der Waals surface area contributed by atoms with Gasteiger partial charge >= 0.3 is 12.3 Å². The maximum atomic E-state index is 12.9. The lowest BCUT2D eigenvalue weighted by Gasteiger charge is -2.46. The van der Waals surface area contributed by atoms with Crippen LogP contribution >= 0.6 is 0 Å². The van der Waals surface area contributed by atoms with Gasteiger partial charge in [0.2, 0.25) is 0 Å². The summed E-state index contributed by atoms with van der Waals surface area (Å²) in [6.07, 6.45) is -3.14. The molecule has 2 aromatic heterocycles. The van der Waals surface area contributed by atoms with Gasteiger partial charge in [0.25, 0.3) is 0 Å². The number of pyridine rings is 1. The van der Waals surface area contributed by atoms with Crippen molar-refractivity contribution in [2.75, 3.05) is 6.54 Å². The Morgan fingerprint density at radius 2 is 1.81 bits per heavy atom. The van der Waals surface area contributed by atoms with Gasteiger partial charge in [-0.05, 0) is 52.0 Å². The summed E-state index contributed by atoms with van der Waals surface area (Å²) in [7, 11) is 0. The van der Waals surface area contributed by atoms with E-state index in [1.54, 1.807) is 21.8 Å². The summed E-state index contributed by atoms with van der Waals surface area (Å²) >= 11 is 0. The number of alkyl halides is 3. The Bertz CT molecular complexity index is 1120. The smallest absolute Gasteiger partial charge is 0.416 e. The zero-order valence-corrected chi connectivity index (χ0v) is 17.6. The molecule has 6 nitrogen and oxygen atoms in total. The lowest BCUT2D eigenvalue weighted by molar-refractivity contribution is -0.137. The monoisotopic (exact) mass is 432 g/mol. The number of nitrogens with zero attached hydrogens (tertiary/aromatic N) is 4. The SMILES string of the molecule is CC1C(n2nc(-c3ccc(C(F)(F)F)cc3)c3cccnc32)CN1C(=O)OC(C)(C)C. The minimum atomic E-state index is -4.39. The summed E-state index contributed by atoms with van der Waals surface area (Å²) < 4.78 is 45.9. The van der Waals surface area contributed by atoms with Gasteiger partial charge in [0.1, 0.15) is 11.3 Å². The zero-order valence-electron chi connectivity index (χ0n) is 17.6. The Morgan fingerprint density at radius 3 is 2.39 bits per heavy atom. The van der Waals surface area contributed by atoms with Crippen LogP contribution in [0.5, 0.6) is 0 Å². The van der Waals surface area contributed by atoms with Crippen LogP contribution in [-0.4, -0.2) is 43.9 Å². The molecule has 164 valence electrons. The van der Waals surface area contributed by atoms with Crippen LogP contribution in [0.2, 0.25) is 0 Å². The average Bonchev–Trinajstić information content (AvgIpc) is 3.04. The van der Waals surface area contributed by atoms with Crippen LogP contribution in [-0.2, 0) is 10.9 Å². The molecule has 0 radical (unpaired) electrons. The number of aromatic nitrogens is 3. The minimum Gasteiger partial charge on any atom is -0.444 e. The highest BCUT2D eigenvalue weighted by Crippen LogP contribution is 2.36. The number of carbonyl (C=O) groups excluding carboxylic acids is 1. The molecule has 1 amide bonds. The van der Waals surface area contributed by atoms with E-state index in [9.17, 15) is 18.0 Å². The highest BCUT2D eigenvalue weighted by atomic mass is 19.4. The van der Waals surface area contributed by atoms with Gasteiger partial charge in [-0.25, -0.2) is 14.5 Å². The summed E-state index contributed by atoms with van der Waals surface area (Å²) in [6.45, 7) is 7.76. The predicted octanol–water partition coefficient (Wildman–Crippen LogP) is 5.30. The summed E-state index contributed by atoms with van der Waals surface area (Å²) in [6, 6.07) is 8.25. The first-order valence-electron chi connectivity index (χ1n) is 9.96. The van der Waals surface area contributed by atoms with E-state index in [0.29, 0.717) is 23.4 Å². The second-order valence-electron chi connectivity index (χ2n) is 8.68.